The van der Waals surface area contributed by atoms with E-state index >= 15 is 0 Å². The maximum atomic E-state index is 11.6. The zero-order valence-corrected chi connectivity index (χ0v) is 8.38. The Hall–Kier alpha value is -0.590. The zero-order chi connectivity index (χ0) is 9.42. The van der Waals surface area contributed by atoms with Crippen LogP contribution >= 0.6 is 0 Å². The van der Waals surface area contributed by atoms with Crippen molar-refractivity contribution < 1.29 is 4.79 Å². The fourth-order valence-corrected chi connectivity index (χ4v) is 3.18. The van der Waals surface area contributed by atoms with Gasteiger partial charge in [0.25, 0.3) is 0 Å². The predicted molar refractivity (Wildman–Crippen MR) is 53.4 cm³/mol. The summed E-state index contributed by atoms with van der Waals surface area (Å²) in [7, 11) is 0. The van der Waals surface area contributed by atoms with Gasteiger partial charge in [0.15, 0.2) is 0 Å². The van der Waals surface area contributed by atoms with Crippen LogP contribution in [0.1, 0.15) is 39.0 Å². The van der Waals surface area contributed by atoms with Crippen molar-refractivity contribution in [3.05, 3.63) is 12.2 Å². The van der Waals surface area contributed by atoms with Gasteiger partial charge >= 0.3 is 0 Å². The number of ketones is 1. The van der Waals surface area contributed by atoms with Crippen molar-refractivity contribution in [2.75, 3.05) is 0 Å². The molecule has 0 unspecified atom stereocenters. The molecule has 0 heterocycles. The highest BCUT2D eigenvalue weighted by molar-refractivity contribution is 5.82. The van der Waals surface area contributed by atoms with Crippen molar-refractivity contribution in [1.29, 1.82) is 0 Å². The van der Waals surface area contributed by atoms with Crippen molar-refractivity contribution in [2.45, 2.75) is 39.0 Å². The second-order valence-corrected chi connectivity index (χ2v) is 4.66. The minimum Gasteiger partial charge on any atom is -0.299 e. The Kier molecular flexibility index (Phi) is 2.27. The third-order valence-electron chi connectivity index (χ3n) is 3.83. The highest BCUT2D eigenvalue weighted by Crippen LogP contribution is 2.45. The second kappa shape index (κ2) is 3.28. The van der Waals surface area contributed by atoms with E-state index in [0.29, 0.717) is 23.5 Å². The number of hydrogen-bond donors (Lipinski definition) is 0. The smallest absolute Gasteiger partial charge is 0.136 e. The van der Waals surface area contributed by atoms with Gasteiger partial charge in [-0.2, -0.15) is 0 Å². The Labute approximate surface area is 80.2 Å². The lowest BCUT2D eigenvalue weighted by molar-refractivity contribution is -0.126. The lowest BCUT2D eigenvalue weighted by Crippen LogP contribution is -2.31. The van der Waals surface area contributed by atoms with Crippen molar-refractivity contribution >= 4 is 5.78 Å². The largest absolute Gasteiger partial charge is 0.299 e. The first-order chi connectivity index (χ1) is 6.20. The molecule has 1 heteroatoms. The lowest BCUT2D eigenvalue weighted by Gasteiger charge is -2.33. The molecule has 3 atom stereocenters. The van der Waals surface area contributed by atoms with Crippen LogP contribution in [0, 0.1) is 17.8 Å². The van der Waals surface area contributed by atoms with E-state index in [1.54, 1.807) is 0 Å². The number of Topliss-reactive ketones (excluding diaryl/α,β-unsaturated/α-hetero) is 1. The summed E-state index contributed by atoms with van der Waals surface area (Å²) in [4.78, 5) is 11.6. The molecular weight excluding hydrogens is 160 g/mol. The molecule has 1 nitrogen and oxygen atoms in total. The molecule has 13 heavy (non-hydrogen) atoms. The van der Waals surface area contributed by atoms with Gasteiger partial charge in [0.1, 0.15) is 5.78 Å². The predicted octanol–water partition coefficient (Wildman–Crippen LogP) is 2.96. The molecule has 0 N–H and O–H groups in total. The van der Waals surface area contributed by atoms with Crippen LogP contribution in [0.15, 0.2) is 12.2 Å². The van der Waals surface area contributed by atoms with Crippen molar-refractivity contribution in [3.8, 4) is 0 Å². The number of fused-ring (bicyclic) bond motifs is 1. The third-order valence-corrected chi connectivity index (χ3v) is 3.83. The molecular formula is C12H18O. The van der Waals surface area contributed by atoms with E-state index in [1.807, 2.05) is 0 Å². The quantitative estimate of drug-likeness (QED) is 0.564. The zero-order valence-electron chi connectivity index (χ0n) is 8.38. The van der Waals surface area contributed by atoms with Gasteiger partial charge in [-0.3, -0.25) is 4.79 Å². The van der Waals surface area contributed by atoms with Gasteiger partial charge in [0.2, 0.25) is 0 Å². The van der Waals surface area contributed by atoms with Gasteiger partial charge in [0, 0.05) is 12.3 Å². The van der Waals surface area contributed by atoms with Crippen molar-refractivity contribution in [1.82, 2.24) is 0 Å². The molecule has 0 radical (unpaired) electrons. The van der Waals surface area contributed by atoms with Crippen molar-refractivity contribution in [2.24, 2.45) is 17.8 Å². The van der Waals surface area contributed by atoms with E-state index in [1.165, 1.54) is 18.4 Å². The van der Waals surface area contributed by atoms with Crippen LogP contribution < -0.4 is 0 Å². The summed E-state index contributed by atoms with van der Waals surface area (Å²) in [6.07, 6.45) is 5.53. The average Bonchev–Trinajstić information content (AvgIpc) is 2.53. The second-order valence-electron chi connectivity index (χ2n) is 4.66. The molecule has 2 saturated carbocycles. The average molecular weight is 178 g/mol. The van der Waals surface area contributed by atoms with Crippen LogP contribution in [0.5, 0.6) is 0 Å². The molecule has 0 aliphatic heterocycles. The van der Waals surface area contributed by atoms with Crippen LogP contribution in [0.25, 0.3) is 0 Å². The Morgan fingerprint density at radius 3 is 2.85 bits per heavy atom. The SMILES string of the molecule is C=C(C)[C@@H]1CCC(=O)[C@H]2CCC[C@@H]21. The van der Waals surface area contributed by atoms with Gasteiger partial charge in [-0.25, -0.2) is 0 Å². The van der Waals surface area contributed by atoms with Crippen molar-refractivity contribution in [3.63, 3.8) is 0 Å². The summed E-state index contributed by atoms with van der Waals surface area (Å²) in [6, 6.07) is 0. The highest BCUT2D eigenvalue weighted by Gasteiger charge is 2.41. The molecule has 0 spiro atoms. The van der Waals surface area contributed by atoms with Crippen LogP contribution in [0.4, 0.5) is 0 Å². The van der Waals surface area contributed by atoms with E-state index in [2.05, 4.69) is 13.5 Å². The van der Waals surface area contributed by atoms with Gasteiger partial charge in [-0.1, -0.05) is 18.6 Å². The standard InChI is InChI=1S/C12H18O/c1-8(2)9-6-7-12(13)11-5-3-4-10(9)11/h9-11H,1,3-7H2,2H3/t9-,10+,11-/m0/s1. The molecule has 72 valence electrons. The van der Waals surface area contributed by atoms with E-state index in [0.717, 1.165) is 19.3 Å². The van der Waals surface area contributed by atoms with E-state index in [4.69, 9.17) is 0 Å². The van der Waals surface area contributed by atoms with Crippen LogP contribution in [0.2, 0.25) is 0 Å². The third kappa shape index (κ3) is 1.45. The summed E-state index contributed by atoms with van der Waals surface area (Å²) in [6.45, 7) is 6.17. The minimum atomic E-state index is 0.399. The molecule has 0 aromatic heterocycles. The first-order valence-corrected chi connectivity index (χ1v) is 5.38. The van der Waals surface area contributed by atoms with Crippen LogP contribution in [0.3, 0.4) is 0 Å². The Bertz CT molecular complexity index is 242. The number of carbonyl (C=O) groups is 1. The van der Waals surface area contributed by atoms with Gasteiger partial charge in [0.05, 0.1) is 0 Å². The fraction of sp³-hybridized carbons (Fsp3) is 0.750. The molecule has 0 aromatic carbocycles. The Morgan fingerprint density at radius 1 is 1.38 bits per heavy atom. The molecule has 2 rings (SSSR count). The number of rotatable bonds is 1. The van der Waals surface area contributed by atoms with Gasteiger partial charge in [-0.15, -0.1) is 0 Å². The molecule has 2 aliphatic rings. The number of carbonyl (C=O) groups excluding carboxylic acids is 1. The molecule has 0 saturated heterocycles. The maximum absolute atomic E-state index is 11.6. The molecule has 2 aliphatic carbocycles. The highest BCUT2D eigenvalue weighted by atomic mass is 16.1. The summed E-state index contributed by atoms with van der Waals surface area (Å²) < 4.78 is 0. The normalized spacial score (nSPS) is 38.8. The fourth-order valence-electron chi connectivity index (χ4n) is 3.18. The molecule has 2 fully saturated rings. The Morgan fingerprint density at radius 2 is 2.15 bits per heavy atom. The summed E-state index contributed by atoms with van der Waals surface area (Å²) >= 11 is 0. The number of hydrogen-bond acceptors (Lipinski definition) is 1. The maximum Gasteiger partial charge on any atom is 0.136 e. The van der Waals surface area contributed by atoms with Gasteiger partial charge in [-0.05, 0) is 38.0 Å². The summed E-state index contributed by atoms with van der Waals surface area (Å²) in [5.41, 5.74) is 1.30. The topological polar surface area (TPSA) is 17.1 Å². The molecule has 0 aromatic rings. The molecule has 0 amide bonds. The van der Waals surface area contributed by atoms with Crippen LogP contribution in [-0.2, 0) is 4.79 Å². The first-order valence-electron chi connectivity index (χ1n) is 5.38. The lowest BCUT2D eigenvalue weighted by atomic mass is 9.71. The molecule has 0 bridgehead atoms. The monoisotopic (exact) mass is 178 g/mol. The van der Waals surface area contributed by atoms with E-state index < -0.39 is 0 Å². The minimum absolute atomic E-state index is 0.399. The van der Waals surface area contributed by atoms with Gasteiger partial charge < -0.3 is 0 Å². The first kappa shape index (κ1) is 8.98. The van der Waals surface area contributed by atoms with Crippen LogP contribution in [-0.4, -0.2) is 5.78 Å². The van der Waals surface area contributed by atoms with E-state index in [-0.39, 0.29) is 0 Å². The Balaban J connectivity index is 2.17. The number of allylic oxidation sites excluding steroid dienone is 1. The summed E-state index contributed by atoms with van der Waals surface area (Å²) in [5, 5.41) is 0. The van der Waals surface area contributed by atoms with E-state index in [9.17, 15) is 4.79 Å². The summed E-state index contributed by atoms with van der Waals surface area (Å²) in [5.74, 6) is 2.22.